The highest BCUT2D eigenvalue weighted by Gasteiger charge is 2.14. The third-order valence-electron chi connectivity index (χ3n) is 2.79. The first-order valence-corrected chi connectivity index (χ1v) is 5.52. The number of aryl methyl sites for hydroxylation is 2. The van der Waals surface area contributed by atoms with E-state index in [4.69, 9.17) is 5.84 Å². The number of pyridine rings is 2. The summed E-state index contributed by atoms with van der Waals surface area (Å²) in [6.45, 7) is 3.94. The van der Waals surface area contributed by atoms with Gasteiger partial charge in [0.1, 0.15) is 0 Å². The van der Waals surface area contributed by atoms with Crippen molar-refractivity contribution in [3.05, 3.63) is 59.2 Å². The fourth-order valence-corrected chi connectivity index (χ4v) is 1.82. The fourth-order valence-electron chi connectivity index (χ4n) is 1.82. The van der Waals surface area contributed by atoms with Crippen LogP contribution in [0.25, 0.3) is 0 Å². The van der Waals surface area contributed by atoms with E-state index in [1.54, 1.807) is 6.20 Å². The summed E-state index contributed by atoms with van der Waals surface area (Å²) in [5, 5.41) is 0. The highest BCUT2D eigenvalue weighted by molar-refractivity contribution is 5.32. The van der Waals surface area contributed by atoms with Gasteiger partial charge in [-0.2, -0.15) is 0 Å². The number of hydrogen-bond acceptors (Lipinski definition) is 4. The lowest BCUT2D eigenvalue weighted by Crippen LogP contribution is -2.29. The van der Waals surface area contributed by atoms with Crippen LogP contribution >= 0.6 is 0 Å². The molecule has 0 aliphatic heterocycles. The second-order valence-electron chi connectivity index (χ2n) is 4.01. The maximum atomic E-state index is 5.64. The summed E-state index contributed by atoms with van der Waals surface area (Å²) in [5.74, 6) is 5.64. The molecule has 0 saturated carbocycles. The van der Waals surface area contributed by atoms with Crippen molar-refractivity contribution in [3.8, 4) is 0 Å². The Morgan fingerprint density at radius 2 is 2.00 bits per heavy atom. The van der Waals surface area contributed by atoms with Crippen molar-refractivity contribution in [2.75, 3.05) is 0 Å². The van der Waals surface area contributed by atoms with Crippen LogP contribution < -0.4 is 11.3 Å². The van der Waals surface area contributed by atoms with Crippen LogP contribution in [-0.2, 0) is 0 Å². The van der Waals surface area contributed by atoms with Crippen molar-refractivity contribution in [2.24, 2.45) is 5.84 Å². The molecule has 0 fully saturated rings. The Labute approximate surface area is 101 Å². The molecular formula is C13H16N4. The molecule has 17 heavy (non-hydrogen) atoms. The summed E-state index contributed by atoms with van der Waals surface area (Å²) in [6.07, 6.45) is 3.62. The number of hydrazine groups is 1. The molecule has 0 radical (unpaired) electrons. The molecular weight excluding hydrogens is 212 g/mol. The van der Waals surface area contributed by atoms with Gasteiger partial charge in [-0.25, -0.2) is 5.43 Å². The van der Waals surface area contributed by atoms with Gasteiger partial charge in [0.25, 0.3) is 0 Å². The van der Waals surface area contributed by atoms with E-state index in [0.29, 0.717) is 0 Å². The summed E-state index contributed by atoms with van der Waals surface area (Å²) in [4.78, 5) is 8.56. The zero-order chi connectivity index (χ0) is 12.3. The van der Waals surface area contributed by atoms with Gasteiger partial charge < -0.3 is 0 Å². The quantitative estimate of drug-likeness (QED) is 0.619. The molecule has 3 N–H and O–H groups in total. The zero-order valence-corrected chi connectivity index (χ0v) is 10.0. The number of hydrogen-bond donors (Lipinski definition) is 2. The first kappa shape index (κ1) is 11.7. The van der Waals surface area contributed by atoms with Crippen LogP contribution in [0.1, 0.15) is 28.6 Å². The molecule has 0 aliphatic carbocycles. The smallest absolute Gasteiger partial charge is 0.0742 e. The van der Waals surface area contributed by atoms with Gasteiger partial charge in [-0.15, -0.1) is 0 Å². The van der Waals surface area contributed by atoms with Crippen LogP contribution in [0.15, 0.2) is 36.7 Å². The molecule has 0 aliphatic rings. The van der Waals surface area contributed by atoms with E-state index >= 15 is 0 Å². The molecule has 2 aromatic heterocycles. The van der Waals surface area contributed by atoms with Crippen LogP contribution in [-0.4, -0.2) is 9.97 Å². The normalized spacial score (nSPS) is 12.4. The fraction of sp³-hybridized carbons (Fsp3) is 0.231. The van der Waals surface area contributed by atoms with Crippen molar-refractivity contribution in [2.45, 2.75) is 19.9 Å². The molecule has 0 bridgehead atoms. The summed E-state index contributed by atoms with van der Waals surface area (Å²) in [6, 6.07) is 7.86. The molecule has 4 nitrogen and oxygen atoms in total. The Hall–Kier alpha value is -1.78. The van der Waals surface area contributed by atoms with Gasteiger partial charge in [-0.1, -0.05) is 12.1 Å². The zero-order valence-electron chi connectivity index (χ0n) is 10.0. The summed E-state index contributed by atoms with van der Waals surface area (Å²) in [7, 11) is 0. The van der Waals surface area contributed by atoms with E-state index < -0.39 is 0 Å². The van der Waals surface area contributed by atoms with Crippen LogP contribution in [0.4, 0.5) is 0 Å². The number of nitrogens with two attached hydrogens (primary N) is 1. The molecule has 0 saturated heterocycles. The maximum absolute atomic E-state index is 5.64. The molecule has 1 unspecified atom stereocenters. The lowest BCUT2D eigenvalue weighted by Gasteiger charge is -2.18. The van der Waals surface area contributed by atoms with E-state index in [-0.39, 0.29) is 6.04 Å². The molecule has 0 spiro atoms. The summed E-state index contributed by atoms with van der Waals surface area (Å²) >= 11 is 0. The minimum Gasteiger partial charge on any atom is -0.271 e. The van der Waals surface area contributed by atoms with E-state index in [1.807, 2.05) is 44.3 Å². The standard InChI is InChI=1S/C13H16N4/c1-9-5-6-11(8-16-9)13(17-14)12-4-3-7-15-10(12)2/h3-8,13,17H,14H2,1-2H3. The molecule has 1 atom stereocenters. The molecule has 2 rings (SSSR count). The molecule has 88 valence electrons. The van der Waals surface area contributed by atoms with Crippen LogP contribution in [0.2, 0.25) is 0 Å². The van der Waals surface area contributed by atoms with Gasteiger partial charge >= 0.3 is 0 Å². The molecule has 4 heteroatoms. The van der Waals surface area contributed by atoms with Gasteiger partial charge in [0.15, 0.2) is 0 Å². The average Bonchev–Trinajstić information content (AvgIpc) is 2.35. The third kappa shape index (κ3) is 2.49. The second-order valence-corrected chi connectivity index (χ2v) is 4.01. The molecule has 0 aromatic carbocycles. The van der Waals surface area contributed by atoms with Crippen molar-refractivity contribution in [3.63, 3.8) is 0 Å². The van der Waals surface area contributed by atoms with Gasteiger partial charge in [0.2, 0.25) is 0 Å². The van der Waals surface area contributed by atoms with E-state index in [9.17, 15) is 0 Å². The van der Waals surface area contributed by atoms with Crippen LogP contribution in [0.5, 0.6) is 0 Å². The van der Waals surface area contributed by atoms with E-state index in [2.05, 4.69) is 15.4 Å². The lowest BCUT2D eigenvalue weighted by molar-refractivity contribution is 0.628. The van der Waals surface area contributed by atoms with Crippen molar-refractivity contribution in [1.29, 1.82) is 0 Å². The summed E-state index contributed by atoms with van der Waals surface area (Å²) < 4.78 is 0. The Kier molecular flexibility index (Phi) is 3.46. The minimum atomic E-state index is -0.0724. The highest BCUT2D eigenvalue weighted by Crippen LogP contribution is 2.22. The Bertz CT molecular complexity index is 493. The second kappa shape index (κ2) is 5.03. The summed E-state index contributed by atoms with van der Waals surface area (Å²) in [5.41, 5.74) is 6.88. The van der Waals surface area contributed by atoms with Crippen molar-refractivity contribution in [1.82, 2.24) is 15.4 Å². The van der Waals surface area contributed by atoms with Gasteiger partial charge in [0, 0.05) is 23.8 Å². The monoisotopic (exact) mass is 228 g/mol. The van der Waals surface area contributed by atoms with Crippen molar-refractivity contribution < 1.29 is 0 Å². The lowest BCUT2D eigenvalue weighted by atomic mass is 9.99. The van der Waals surface area contributed by atoms with Gasteiger partial charge in [-0.05, 0) is 37.1 Å². The Balaban J connectivity index is 2.40. The van der Waals surface area contributed by atoms with Crippen molar-refractivity contribution >= 4 is 0 Å². The minimum absolute atomic E-state index is 0.0724. The number of rotatable bonds is 3. The predicted octanol–water partition coefficient (Wildman–Crippen LogP) is 1.65. The van der Waals surface area contributed by atoms with Gasteiger partial charge in [-0.3, -0.25) is 15.8 Å². The third-order valence-corrected chi connectivity index (χ3v) is 2.79. The van der Waals surface area contributed by atoms with Crippen LogP contribution in [0.3, 0.4) is 0 Å². The molecule has 2 aromatic rings. The highest BCUT2D eigenvalue weighted by atomic mass is 15.2. The number of aromatic nitrogens is 2. The molecule has 0 amide bonds. The van der Waals surface area contributed by atoms with Gasteiger partial charge in [0.05, 0.1) is 6.04 Å². The van der Waals surface area contributed by atoms with E-state index in [0.717, 1.165) is 22.5 Å². The number of nitrogens with zero attached hydrogens (tertiary/aromatic N) is 2. The van der Waals surface area contributed by atoms with E-state index in [1.165, 1.54) is 0 Å². The number of nitrogens with one attached hydrogen (secondary N) is 1. The molecule has 2 heterocycles. The Morgan fingerprint density at radius 3 is 2.59 bits per heavy atom. The SMILES string of the molecule is Cc1ccc(C(NN)c2cccnc2C)cn1. The first-order chi connectivity index (χ1) is 8.22. The maximum Gasteiger partial charge on any atom is 0.0742 e. The topological polar surface area (TPSA) is 63.8 Å². The average molecular weight is 228 g/mol. The largest absolute Gasteiger partial charge is 0.271 e. The first-order valence-electron chi connectivity index (χ1n) is 5.52. The Morgan fingerprint density at radius 1 is 1.18 bits per heavy atom. The predicted molar refractivity (Wildman–Crippen MR) is 67.1 cm³/mol. The van der Waals surface area contributed by atoms with Crippen LogP contribution in [0, 0.1) is 13.8 Å².